The number of carbonyl (C=O) groups excluding carboxylic acids is 1. The largest absolute Gasteiger partial charge is 0.507 e. The molecule has 1 fully saturated rings. The SMILES string of the molecule is COc1cc(OC)c(C2CCN(C)C2CO)c(O)c1C(=O)/C=C/c1cccc(C)c1. The topological polar surface area (TPSA) is 79.2 Å². The molecule has 3 rings (SSSR count). The van der Waals surface area contributed by atoms with Crippen LogP contribution in [0.15, 0.2) is 36.4 Å². The second-order valence-corrected chi connectivity index (χ2v) is 7.66. The molecule has 0 spiro atoms. The van der Waals surface area contributed by atoms with E-state index in [4.69, 9.17) is 9.47 Å². The van der Waals surface area contributed by atoms with E-state index in [1.807, 2.05) is 43.1 Å². The van der Waals surface area contributed by atoms with Crippen LogP contribution in [-0.2, 0) is 0 Å². The molecule has 2 atom stereocenters. The predicted octanol–water partition coefficient (Wildman–Crippen LogP) is 3.39. The van der Waals surface area contributed by atoms with Gasteiger partial charge < -0.3 is 24.6 Å². The summed E-state index contributed by atoms with van der Waals surface area (Å²) >= 11 is 0. The monoisotopic (exact) mass is 411 g/mol. The van der Waals surface area contributed by atoms with Gasteiger partial charge in [-0.3, -0.25) is 4.79 Å². The Morgan fingerprint density at radius 1 is 1.23 bits per heavy atom. The van der Waals surface area contributed by atoms with Gasteiger partial charge in [-0.2, -0.15) is 0 Å². The number of hydrogen-bond donors (Lipinski definition) is 2. The van der Waals surface area contributed by atoms with Crippen LogP contribution in [0, 0.1) is 6.92 Å². The Morgan fingerprint density at radius 2 is 1.97 bits per heavy atom. The van der Waals surface area contributed by atoms with Crippen molar-refractivity contribution in [3.05, 3.63) is 58.7 Å². The maximum absolute atomic E-state index is 13.1. The van der Waals surface area contributed by atoms with Crippen molar-refractivity contribution in [3.63, 3.8) is 0 Å². The molecule has 1 aliphatic heterocycles. The molecule has 2 aromatic rings. The molecule has 0 amide bonds. The lowest BCUT2D eigenvalue weighted by molar-refractivity contribution is 0.104. The van der Waals surface area contributed by atoms with Crippen molar-refractivity contribution < 1.29 is 24.5 Å². The zero-order chi connectivity index (χ0) is 21.8. The molecule has 6 nitrogen and oxygen atoms in total. The minimum atomic E-state index is -0.360. The first-order valence-electron chi connectivity index (χ1n) is 9.99. The van der Waals surface area contributed by atoms with Gasteiger partial charge in [0.2, 0.25) is 0 Å². The quantitative estimate of drug-likeness (QED) is 0.537. The van der Waals surface area contributed by atoms with E-state index < -0.39 is 0 Å². The van der Waals surface area contributed by atoms with Gasteiger partial charge in [0.05, 0.1) is 20.8 Å². The van der Waals surface area contributed by atoms with Crippen LogP contribution in [0.5, 0.6) is 17.2 Å². The number of carbonyl (C=O) groups is 1. The fourth-order valence-electron chi connectivity index (χ4n) is 4.20. The molecule has 1 saturated heterocycles. The van der Waals surface area contributed by atoms with E-state index in [9.17, 15) is 15.0 Å². The Kier molecular flexibility index (Phi) is 6.80. The summed E-state index contributed by atoms with van der Waals surface area (Å²) in [5.41, 5.74) is 2.63. The molecule has 2 N–H and O–H groups in total. The minimum absolute atomic E-state index is 0.0493. The molecule has 0 aliphatic carbocycles. The molecule has 0 bridgehead atoms. The van der Waals surface area contributed by atoms with E-state index in [-0.39, 0.29) is 41.4 Å². The number of aliphatic hydroxyl groups excluding tert-OH is 1. The number of nitrogens with zero attached hydrogens (tertiary/aromatic N) is 1. The molecule has 0 saturated carbocycles. The predicted molar refractivity (Wildman–Crippen MR) is 117 cm³/mol. The van der Waals surface area contributed by atoms with Gasteiger partial charge in [0, 0.05) is 23.6 Å². The third kappa shape index (κ3) is 4.20. The standard InChI is InChI=1S/C24H29NO5/c1-15-6-5-7-16(12-15)8-9-19(27)23-21(30-4)13-20(29-3)22(24(23)28)17-10-11-25(2)18(17)14-26/h5-9,12-13,17-18,26,28H,10-11,14H2,1-4H3/b9-8+. The number of aromatic hydroxyl groups is 1. The first-order chi connectivity index (χ1) is 14.4. The molecule has 2 unspecified atom stereocenters. The number of benzene rings is 2. The number of methoxy groups -OCH3 is 2. The maximum Gasteiger partial charge on any atom is 0.193 e. The summed E-state index contributed by atoms with van der Waals surface area (Å²) in [4.78, 5) is 15.1. The lowest BCUT2D eigenvalue weighted by Gasteiger charge is -2.26. The number of phenolic OH excluding ortho intramolecular Hbond substituents is 1. The van der Waals surface area contributed by atoms with Crippen molar-refractivity contribution >= 4 is 11.9 Å². The zero-order valence-electron chi connectivity index (χ0n) is 17.9. The van der Waals surface area contributed by atoms with Crippen molar-refractivity contribution in [2.24, 2.45) is 0 Å². The number of hydrogen-bond acceptors (Lipinski definition) is 6. The number of ether oxygens (including phenoxy) is 2. The smallest absolute Gasteiger partial charge is 0.193 e. The number of phenols is 1. The van der Waals surface area contributed by atoms with E-state index in [0.29, 0.717) is 11.3 Å². The van der Waals surface area contributed by atoms with Crippen LogP contribution in [-0.4, -0.2) is 61.4 Å². The summed E-state index contributed by atoms with van der Waals surface area (Å²) in [7, 11) is 4.91. The van der Waals surface area contributed by atoms with Gasteiger partial charge in [0.25, 0.3) is 0 Å². The molecule has 0 aromatic heterocycles. The molecule has 2 aromatic carbocycles. The molecule has 1 aliphatic rings. The second kappa shape index (κ2) is 9.32. The van der Waals surface area contributed by atoms with Gasteiger partial charge in [-0.05, 0) is 38.6 Å². The zero-order valence-corrected chi connectivity index (χ0v) is 17.9. The summed E-state index contributed by atoms with van der Waals surface area (Å²) < 4.78 is 10.9. The van der Waals surface area contributed by atoms with Crippen LogP contribution in [0.3, 0.4) is 0 Å². The van der Waals surface area contributed by atoms with Crippen molar-refractivity contribution in [1.29, 1.82) is 0 Å². The molecule has 160 valence electrons. The van der Waals surface area contributed by atoms with Gasteiger partial charge in [-0.1, -0.05) is 35.9 Å². The Morgan fingerprint density at radius 3 is 2.60 bits per heavy atom. The highest BCUT2D eigenvalue weighted by Crippen LogP contribution is 2.47. The fraction of sp³-hybridized carbons (Fsp3) is 0.375. The van der Waals surface area contributed by atoms with Crippen molar-refractivity contribution in [3.8, 4) is 17.2 Å². The Hall–Kier alpha value is -2.83. The number of ketones is 1. The number of allylic oxidation sites excluding steroid dienone is 1. The Bertz CT molecular complexity index is 953. The van der Waals surface area contributed by atoms with Crippen LogP contribution in [0.25, 0.3) is 6.08 Å². The average Bonchev–Trinajstić information content (AvgIpc) is 3.11. The van der Waals surface area contributed by atoms with Gasteiger partial charge in [-0.15, -0.1) is 0 Å². The van der Waals surface area contributed by atoms with E-state index in [1.54, 1.807) is 12.1 Å². The number of aliphatic hydroxyl groups is 1. The summed E-state index contributed by atoms with van der Waals surface area (Å²) in [5.74, 6) is 0.0277. The minimum Gasteiger partial charge on any atom is -0.507 e. The normalized spacial score (nSPS) is 19.4. The Balaban J connectivity index is 2.06. The first-order valence-corrected chi connectivity index (χ1v) is 9.99. The maximum atomic E-state index is 13.1. The van der Waals surface area contributed by atoms with Gasteiger partial charge in [-0.25, -0.2) is 0 Å². The third-order valence-corrected chi connectivity index (χ3v) is 5.80. The lowest BCUT2D eigenvalue weighted by Crippen LogP contribution is -2.32. The van der Waals surface area contributed by atoms with Crippen LogP contribution < -0.4 is 9.47 Å². The number of aryl methyl sites for hydroxylation is 1. The molecule has 1 heterocycles. The van der Waals surface area contributed by atoms with Crippen LogP contribution in [0.4, 0.5) is 0 Å². The lowest BCUT2D eigenvalue weighted by atomic mass is 9.87. The fourth-order valence-corrected chi connectivity index (χ4v) is 4.20. The molecule has 0 radical (unpaired) electrons. The summed E-state index contributed by atoms with van der Waals surface area (Å²) in [6.07, 6.45) is 3.90. The van der Waals surface area contributed by atoms with E-state index in [0.717, 1.165) is 24.1 Å². The summed E-state index contributed by atoms with van der Waals surface area (Å²) in [5, 5.41) is 21.0. The van der Waals surface area contributed by atoms with E-state index in [2.05, 4.69) is 0 Å². The average molecular weight is 411 g/mol. The highest BCUT2D eigenvalue weighted by Gasteiger charge is 2.37. The summed E-state index contributed by atoms with van der Waals surface area (Å²) in [6, 6.07) is 9.27. The first kappa shape index (κ1) is 21.9. The molecule has 6 heteroatoms. The second-order valence-electron chi connectivity index (χ2n) is 7.66. The highest BCUT2D eigenvalue weighted by atomic mass is 16.5. The van der Waals surface area contributed by atoms with Crippen molar-refractivity contribution in [1.82, 2.24) is 4.90 Å². The van der Waals surface area contributed by atoms with Crippen LogP contribution >= 0.6 is 0 Å². The number of rotatable bonds is 7. The van der Waals surface area contributed by atoms with Crippen LogP contribution in [0.1, 0.15) is 39.4 Å². The highest BCUT2D eigenvalue weighted by molar-refractivity contribution is 6.11. The Labute approximate surface area is 177 Å². The van der Waals surface area contributed by atoms with E-state index >= 15 is 0 Å². The van der Waals surface area contributed by atoms with Gasteiger partial charge in [0.15, 0.2) is 5.78 Å². The molecular formula is C24H29NO5. The third-order valence-electron chi connectivity index (χ3n) is 5.80. The van der Waals surface area contributed by atoms with Gasteiger partial charge in [0.1, 0.15) is 22.8 Å². The number of likely N-dealkylation sites (tertiary alicyclic amines) is 1. The molecule has 30 heavy (non-hydrogen) atoms. The van der Waals surface area contributed by atoms with Crippen molar-refractivity contribution in [2.45, 2.75) is 25.3 Å². The van der Waals surface area contributed by atoms with Crippen molar-refractivity contribution in [2.75, 3.05) is 34.4 Å². The molecular weight excluding hydrogens is 382 g/mol. The number of likely N-dealkylation sites (N-methyl/N-ethyl adjacent to an activating group) is 1. The van der Waals surface area contributed by atoms with E-state index in [1.165, 1.54) is 20.3 Å². The van der Waals surface area contributed by atoms with Gasteiger partial charge >= 0.3 is 0 Å². The van der Waals surface area contributed by atoms with Crippen LogP contribution in [0.2, 0.25) is 0 Å². The summed E-state index contributed by atoms with van der Waals surface area (Å²) in [6.45, 7) is 2.72.